The molecule has 0 unspecified atom stereocenters. The molecule has 20 heavy (non-hydrogen) atoms. The number of aromatic amines is 1. The van der Waals surface area contributed by atoms with Gasteiger partial charge in [-0.15, -0.1) is 0 Å². The van der Waals surface area contributed by atoms with Gasteiger partial charge in [-0.25, -0.2) is 0 Å². The number of hydrogen-bond acceptors (Lipinski definition) is 2. The predicted molar refractivity (Wildman–Crippen MR) is 88.2 cm³/mol. The highest BCUT2D eigenvalue weighted by atomic mass is 79.9. The minimum atomic E-state index is -0.290. The van der Waals surface area contributed by atoms with Gasteiger partial charge in [-0.05, 0) is 34.5 Å². The molecule has 1 N–H and O–H groups in total. The molecule has 1 aromatic carbocycles. The van der Waals surface area contributed by atoms with Gasteiger partial charge >= 0.3 is 0 Å². The van der Waals surface area contributed by atoms with Crippen LogP contribution in [0.4, 0.5) is 0 Å². The Morgan fingerprint density at radius 3 is 2.85 bits per heavy atom. The van der Waals surface area contributed by atoms with Crippen molar-refractivity contribution in [3.8, 4) is 0 Å². The smallest absolute Gasteiger partial charge is 0.246 e. The van der Waals surface area contributed by atoms with E-state index in [0.717, 1.165) is 38.3 Å². The third kappa shape index (κ3) is 3.30. The van der Waals surface area contributed by atoms with Crippen LogP contribution in [0.25, 0.3) is 17.0 Å². The van der Waals surface area contributed by atoms with Crippen LogP contribution in [0.2, 0.25) is 0 Å². The van der Waals surface area contributed by atoms with Crippen LogP contribution in [0.5, 0.6) is 0 Å². The molecule has 0 spiro atoms. The summed E-state index contributed by atoms with van der Waals surface area (Å²) < 4.78 is 1.86. The maximum Gasteiger partial charge on any atom is 0.246 e. The van der Waals surface area contributed by atoms with Crippen LogP contribution in [0.15, 0.2) is 33.0 Å². The fourth-order valence-corrected chi connectivity index (χ4v) is 3.39. The summed E-state index contributed by atoms with van der Waals surface area (Å²) in [6, 6.07) is 3.90. The molecule has 0 atom stereocenters. The summed E-state index contributed by atoms with van der Waals surface area (Å²) in [4.78, 5) is 14.0. The molecule has 1 heterocycles. The number of hydrogen-bond donors (Lipinski definition) is 1. The lowest BCUT2D eigenvalue weighted by molar-refractivity contribution is -0.426. The van der Waals surface area contributed by atoms with Gasteiger partial charge in [-0.2, -0.15) is 0 Å². The van der Waals surface area contributed by atoms with Gasteiger partial charge in [0.15, 0.2) is 0 Å². The molecule has 0 aliphatic rings. The Morgan fingerprint density at radius 2 is 2.20 bits per heavy atom. The highest BCUT2D eigenvalue weighted by molar-refractivity contribution is 9.11. The summed E-state index contributed by atoms with van der Waals surface area (Å²) >= 11 is 6.92. The average Bonchev–Trinajstić information content (AvgIpc) is 2.77. The predicted octanol–water partition coefficient (Wildman–Crippen LogP) is 5.50. The van der Waals surface area contributed by atoms with Crippen molar-refractivity contribution >= 4 is 48.8 Å². The van der Waals surface area contributed by atoms with E-state index < -0.39 is 0 Å². The van der Waals surface area contributed by atoms with Crippen molar-refractivity contribution in [1.29, 1.82) is 0 Å². The Kier molecular flexibility index (Phi) is 4.99. The number of aromatic nitrogens is 1. The second-order valence-corrected chi connectivity index (χ2v) is 6.32. The molecule has 0 bridgehead atoms. The minimum absolute atomic E-state index is 0.254. The highest BCUT2D eigenvalue weighted by Crippen LogP contribution is 2.31. The first kappa shape index (κ1) is 15.3. The molecule has 2 aromatic rings. The van der Waals surface area contributed by atoms with Gasteiger partial charge in [-0.3, -0.25) is 10.1 Å². The lowest BCUT2D eigenvalue weighted by Gasteiger charge is -1.99. The molecular weight excluding hydrogens is 388 g/mol. The van der Waals surface area contributed by atoms with Crippen molar-refractivity contribution in [2.45, 2.75) is 26.2 Å². The van der Waals surface area contributed by atoms with Crippen molar-refractivity contribution in [1.82, 2.24) is 4.98 Å². The molecule has 0 fully saturated rings. The van der Waals surface area contributed by atoms with Crippen LogP contribution in [-0.2, 0) is 0 Å². The molecule has 106 valence electrons. The molecule has 0 aliphatic heterocycles. The molecule has 0 radical (unpaired) electrons. The molecular formula is C14H14Br2N2O2. The van der Waals surface area contributed by atoms with Crippen molar-refractivity contribution < 1.29 is 4.92 Å². The standard InChI is InChI=1S/C14H14Br2N2O2/c1-2-3-4-11(18(19)20)5-9-8-17-14-12(9)6-10(15)7-13(14)16/h5-8,17H,2-4H2,1H3. The molecule has 0 saturated carbocycles. The zero-order valence-electron chi connectivity index (χ0n) is 11.0. The zero-order valence-corrected chi connectivity index (χ0v) is 14.1. The first-order valence-corrected chi connectivity index (χ1v) is 7.92. The summed E-state index contributed by atoms with van der Waals surface area (Å²) in [6.07, 6.45) is 5.72. The van der Waals surface area contributed by atoms with E-state index in [1.54, 1.807) is 12.3 Å². The van der Waals surface area contributed by atoms with Crippen LogP contribution in [0.1, 0.15) is 31.7 Å². The summed E-state index contributed by atoms with van der Waals surface area (Å²) in [5, 5.41) is 12.1. The lowest BCUT2D eigenvalue weighted by Crippen LogP contribution is -1.98. The van der Waals surface area contributed by atoms with E-state index >= 15 is 0 Å². The number of rotatable bonds is 5. The summed E-state index contributed by atoms with van der Waals surface area (Å²) in [7, 11) is 0. The lowest BCUT2D eigenvalue weighted by atomic mass is 10.1. The van der Waals surface area contributed by atoms with Crippen LogP contribution in [0.3, 0.4) is 0 Å². The first-order chi connectivity index (χ1) is 9.52. The van der Waals surface area contributed by atoms with Gasteiger partial charge in [0.25, 0.3) is 0 Å². The molecule has 0 amide bonds. The minimum Gasteiger partial charge on any atom is -0.360 e. The van der Waals surface area contributed by atoms with E-state index in [1.165, 1.54) is 0 Å². The summed E-state index contributed by atoms with van der Waals surface area (Å²) in [6.45, 7) is 2.03. The van der Waals surface area contributed by atoms with Crippen LogP contribution in [0, 0.1) is 10.1 Å². The maximum atomic E-state index is 11.1. The number of benzene rings is 1. The number of halogens is 2. The zero-order chi connectivity index (χ0) is 14.7. The van der Waals surface area contributed by atoms with E-state index in [1.807, 2.05) is 19.1 Å². The van der Waals surface area contributed by atoms with E-state index in [-0.39, 0.29) is 10.6 Å². The van der Waals surface area contributed by atoms with E-state index in [2.05, 4.69) is 36.8 Å². The van der Waals surface area contributed by atoms with Crippen LogP contribution >= 0.6 is 31.9 Å². The monoisotopic (exact) mass is 400 g/mol. The largest absolute Gasteiger partial charge is 0.360 e. The first-order valence-electron chi connectivity index (χ1n) is 6.34. The maximum absolute atomic E-state index is 11.1. The molecule has 0 aliphatic carbocycles. The van der Waals surface area contributed by atoms with Gasteiger partial charge in [0.1, 0.15) is 0 Å². The van der Waals surface area contributed by atoms with E-state index in [9.17, 15) is 10.1 Å². The summed E-state index contributed by atoms with van der Waals surface area (Å²) in [5.41, 5.74) is 2.03. The van der Waals surface area contributed by atoms with Gasteiger partial charge in [0.05, 0.1) is 10.4 Å². The topological polar surface area (TPSA) is 58.9 Å². The highest BCUT2D eigenvalue weighted by Gasteiger charge is 2.13. The number of nitrogens with zero attached hydrogens (tertiary/aromatic N) is 1. The second-order valence-electron chi connectivity index (χ2n) is 4.55. The molecule has 0 saturated heterocycles. The van der Waals surface area contributed by atoms with Crippen LogP contribution in [-0.4, -0.2) is 9.91 Å². The number of fused-ring (bicyclic) bond motifs is 1. The second kappa shape index (κ2) is 6.54. The SMILES string of the molecule is CCCCC(=Cc1c[nH]c2c(Br)cc(Br)cc12)[N+](=O)[O-]. The number of nitrogens with one attached hydrogen (secondary N) is 1. The number of unbranched alkanes of at least 4 members (excludes halogenated alkanes) is 1. The van der Waals surface area contributed by atoms with Crippen molar-refractivity contribution in [3.63, 3.8) is 0 Å². The van der Waals surface area contributed by atoms with Gasteiger partial charge < -0.3 is 4.98 Å². The number of nitro groups is 1. The van der Waals surface area contributed by atoms with Crippen molar-refractivity contribution in [2.75, 3.05) is 0 Å². The normalized spacial score (nSPS) is 12.1. The third-order valence-corrected chi connectivity index (χ3v) is 4.16. The Morgan fingerprint density at radius 1 is 1.45 bits per heavy atom. The molecule has 1 aromatic heterocycles. The molecule has 2 rings (SSSR count). The fourth-order valence-electron chi connectivity index (χ4n) is 2.05. The number of allylic oxidation sites excluding steroid dienone is 1. The van der Waals surface area contributed by atoms with Gasteiger partial charge in [0.2, 0.25) is 5.70 Å². The Balaban J connectivity index is 2.48. The molecule has 4 nitrogen and oxygen atoms in total. The van der Waals surface area contributed by atoms with Crippen LogP contribution < -0.4 is 0 Å². The van der Waals surface area contributed by atoms with Gasteiger partial charge in [0, 0.05) is 38.6 Å². The quantitative estimate of drug-likeness (QED) is 0.531. The average molecular weight is 402 g/mol. The van der Waals surface area contributed by atoms with E-state index in [4.69, 9.17) is 0 Å². The van der Waals surface area contributed by atoms with Crippen molar-refractivity contribution in [3.05, 3.63) is 48.6 Å². The third-order valence-electron chi connectivity index (χ3n) is 3.08. The summed E-state index contributed by atoms with van der Waals surface area (Å²) in [5.74, 6) is 0. The van der Waals surface area contributed by atoms with E-state index in [0.29, 0.717) is 6.42 Å². The molecule has 6 heteroatoms. The number of H-pyrrole nitrogens is 1. The van der Waals surface area contributed by atoms with Gasteiger partial charge in [-0.1, -0.05) is 29.3 Å². The Labute approximate surface area is 133 Å². The Bertz CT molecular complexity index is 677. The van der Waals surface area contributed by atoms with Crippen molar-refractivity contribution in [2.24, 2.45) is 0 Å². The Hall–Kier alpha value is -1.14. The fraction of sp³-hybridized carbons (Fsp3) is 0.286.